The van der Waals surface area contributed by atoms with Crippen LogP contribution in [0, 0.1) is 18.3 Å². The Kier molecular flexibility index (Phi) is 3.99. The summed E-state index contributed by atoms with van der Waals surface area (Å²) in [5.41, 5.74) is 0.612. The normalized spacial score (nSPS) is 11.1. The van der Waals surface area contributed by atoms with Crippen molar-refractivity contribution in [1.29, 1.82) is 5.26 Å². The number of benzene rings is 1. The Bertz CT molecular complexity index is 862. The third kappa shape index (κ3) is 2.92. The molecule has 2 N–H and O–H groups in total. The Morgan fingerprint density at radius 3 is 2.70 bits per heavy atom. The lowest BCUT2D eigenvalue weighted by Gasteiger charge is -2.08. The molecule has 2 aromatic rings. The summed E-state index contributed by atoms with van der Waals surface area (Å²) in [5.74, 6) is 0. The number of halogens is 1. The number of rotatable bonds is 3. The molecular weight excluding hydrogens is 366 g/mol. The number of H-pyrrole nitrogens is 1. The zero-order chi connectivity index (χ0) is 14.9. The van der Waals surface area contributed by atoms with Crippen LogP contribution in [0.3, 0.4) is 0 Å². The summed E-state index contributed by atoms with van der Waals surface area (Å²) in [6, 6.07) is 6.52. The van der Waals surface area contributed by atoms with Crippen LogP contribution < -0.4 is 9.60 Å². The second-order valence-electron chi connectivity index (χ2n) is 3.83. The number of nitriles is 1. The maximum Gasteiger partial charge on any atom is 0.306 e. The summed E-state index contributed by atoms with van der Waals surface area (Å²) in [5, 5.41) is 8.98. The van der Waals surface area contributed by atoms with Crippen molar-refractivity contribution in [3.63, 3.8) is 0 Å². The molecule has 1 heterocycles. The fourth-order valence-corrected chi connectivity index (χ4v) is 4.27. The number of thiazole rings is 1. The number of sulfonamides is 1. The molecule has 0 bridgehead atoms. The molecule has 0 amide bonds. The molecule has 0 aliphatic rings. The highest BCUT2D eigenvalue weighted by atomic mass is 79.9. The van der Waals surface area contributed by atoms with Crippen molar-refractivity contribution in [3.05, 3.63) is 43.6 Å². The lowest BCUT2D eigenvalue weighted by Crippen LogP contribution is -2.13. The van der Waals surface area contributed by atoms with Crippen LogP contribution in [0.25, 0.3) is 0 Å². The van der Waals surface area contributed by atoms with E-state index in [1.807, 2.05) is 6.07 Å². The zero-order valence-electron chi connectivity index (χ0n) is 10.1. The average Bonchev–Trinajstić information content (AvgIpc) is 2.69. The Hall–Kier alpha value is -1.63. The summed E-state index contributed by atoms with van der Waals surface area (Å²) >= 11 is 3.81. The second-order valence-corrected chi connectivity index (χ2v) is 7.61. The quantitative estimate of drug-likeness (QED) is 0.860. The molecule has 0 radical (unpaired) electrons. The van der Waals surface area contributed by atoms with Gasteiger partial charge in [-0.15, -0.1) is 0 Å². The van der Waals surface area contributed by atoms with E-state index in [0.29, 0.717) is 15.8 Å². The van der Waals surface area contributed by atoms with Crippen LogP contribution in [0.5, 0.6) is 0 Å². The van der Waals surface area contributed by atoms with Crippen molar-refractivity contribution in [2.24, 2.45) is 0 Å². The van der Waals surface area contributed by atoms with Crippen LogP contribution in [0.2, 0.25) is 0 Å². The van der Waals surface area contributed by atoms with Crippen LogP contribution in [0.15, 0.2) is 31.7 Å². The molecule has 0 saturated heterocycles. The summed E-state index contributed by atoms with van der Waals surface area (Å²) in [4.78, 5) is 13.2. The van der Waals surface area contributed by atoms with Gasteiger partial charge in [-0.1, -0.05) is 27.3 Å². The summed E-state index contributed by atoms with van der Waals surface area (Å²) in [6.07, 6.45) is 0. The van der Waals surface area contributed by atoms with E-state index in [1.165, 1.54) is 19.1 Å². The van der Waals surface area contributed by atoms with Crippen LogP contribution in [0.4, 0.5) is 5.69 Å². The van der Waals surface area contributed by atoms with Crippen LogP contribution in [-0.2, 0) is 10.0 Å². The van der Waals surface area contributed by atoms with Gasteiger partial charge < -0.3 is 4.98 Å². The third-order valence-corrected chi connectivity index (χ3v) is 5.84. The Labute approximate surface area is 127 Å². The van der Waals surface area contributed by atoms with E-state index in [9.17, 15) is 13.2 Å². The van der Waals surface area contributed by atoms with E-state index >= 15 is 0 Å². The minimum absolute atomic E-state index is 0.0913. The fraction of sp³-hybridized carbons (Fsp3) is 0.0909. The fourth-order valence-electron chi connectivity index (χ4n) is 1.54. The average molecular weight is 374 g/mol. The van der Waals surface area contributed by atoms with Crippen LogP contribution in [0.1, 0.15) is 11.3 Å². The Balaban J connectivity index is 2.49. The number of nitrogens with one attached hydrogen (secondary N) is 2. The molecule has 20 heavy (non-hydrogen) atoms. The van der Waals surface area contributed by atoms with Gasteiger partial charge in [0.15, 0.2) is 4.21 Å². The summed E-state index contributed by atoms with van der Waals surface area (Å²) in [6.45, 7) is 1.50. The van der Waals surface area contributed by atoms with E-state index in [2.05, 4.69) is 25.6 Å². The molecule has 0 aliphatic carbocycles. The number of anilines is 1. The highest BCUT2D eigenvalue weighted by molar-refractivity contribution is 9.10. The molecule has 0 saturated carbocycles. The molecule has 6 nitrogen and oxygen atoms in total. The molecule has 9 heteroatoms. The van der Waals surface area contributed by atoms with Gasteiger partial charge in [0.1, 0.15) is 6.07 Å². The second kappa shape index (κ2) is 5.40. The number of hydrogen-bond acceptors (Lipinski definition) is 5. The van der Waals surface area contributed by atoms with Gasteiger partial charge in [-0.2, -0.15) is 5.26 Å². The predicted octanol–water partition coefficient (Wildman–Crippen LogP) is 2.18. The lowest BCUT2D eigenvalue weighted by molar-refractivity contribution is 0.602. The molecule has 0 unspecified atom stereocenters. The van der Waals surface area contributed by atoms with E-state index in [-0.39, 0.29) is 21.2 Å². The third-order valence-electron chi connectivity index (χ3n) is 2.37. The van der Waals surface area contributed by atoms with Crippen molar-refractivity contribution < 1.29 is 8.42 Å². The van der Waals surface area contributed by atoms with Gasteiger partial charge in [0.25, 0.3) is 10.0 Å². The molecule has 1 aromatic carbocycles. The van der Waals surface area contributed by atoms with Gasteiger partial charge in [0.2, 0.25) is 0 Å². The molecule has 0 aliphatic heterocycles. The van der Waals surface area contributed by atoms with Gasteiger partial charge in [-0.25, -0.2) is 8.42 Å². The SMILES string of the molecule is Cc1[nH]c(=O)sc1S(=O)(=O)Nc1cc(Br)ccc1C#N. The topological polar surface area (TPSA) is 103 Å². The first kappa shape index (κ1) is 14.8. The van der Waals surface area contributed by atoms with Crippen LogP contribution >= 0.6 is 27.3 Å². The van der Waals surface area contributed by atoms with Gasteiger partial charge in [0, 0.05) is 10.2 Å². The van der Waals surface area contributed by atoms with Gasteiger partial charge >= 0.3 is 4.87 Å². The van der Waals surface area contributed by atoms with E-state index in [4.69, 9.17) is 5.26 Å². The smallest absolute Gasteiger partial charge is 0.306 e. The maximum atomic E-state index is 12.2. The lowest BCUT2D eigenvalue weighted by atomic mass is 10.2. The summed E-state index contributed by atoms with van der Waals surface area (Å²) in [7, 11) is -3.91. The highest BCUT2D eigenvalue weighted by Gasteiger charge is 2.21. The van der Waals surface area contributed by atoms with Crippen molar-refractivity contribution in [2.75, 3.05) is 4.72 Å². The van der Waals surface area contributed by atoms with Crippen molar-refractivity contribution in [2.45, 2.75) is 11.1 Å². The number of nitrogens with zero attached hydrogens (tertiary/aromatic N) is 1. The van der Waals surface area contributed by atoms with Gasteiger partial charge in [-0.05, 0) is 25.1 Å². The Morgan fingerprint density at radius 1 is 1.45 bits per heavy atom. The molecule has 104 valence electrons. The van der Waals surface area contributed by atoms with E-state index < -0.39 is 14.9 Å². The monoisotopic (exact) mass is 373 g/mol. The molecule has 0 fully saturated rings. The van der Waals surface area contributed by atoms with Crippen molar-refractivity contribution in [1.82, 2.24) is 4.98 Å². The number of aromatic nitrogens is 1. The Morgan fingerprint density at radius 2 is 2.15 bits per heavy atom. The van der Waals surface area contributed by atoms with Gasteiger partial charge in [0.05, 0.1) is 11.3 Å². The first-order chi connectivity index (χ1) is 9.33. The largest absolute Gasteiger partial charge is 0.315 e. The minimum atomic E-state index is -3.91. The standard InChI is InChI=1S/C11H8BrN3O3S2/c1-6-10(19-11(16)14-6)20(17,18)15-9-4-8(12)3-2-7(9)5-13/h2-4,15H,1H3,(H,14,16). The van der Waals surface area contributed by atoms with Gasteiger partial charge in [-0.3, -0.25) is 9.52 Å². The molecule has 0 atom stereocenters. The summed E-state index contributed by atoms with van der Waals surface area (Å²) < 4.78 is 27.3. The molecule has 0 spiro atoms. The van der Waals surface area contributed by atoms with Crippen molar-refractivity contribution in [3.8, 4) is 6.07 Å². The number of aryl methyl sites for hydroxylation is 1. The molecular formula is C11H8BrN3O3S2. The molecule has 1 aromatic heterocycles. The van der Waals surface area contributed by atoms with Crippen molar-refractivity contribution >= 4 is 43.0 Å². The zero-order valence-corrected chi connectivity index (χ0v) is 13.3. The number of aromatic amines is 1. The van der Waals surface area contributed by atoms with E-state index in [0.717, 1.165) is 0 Å². The molecule has 2 rings (SSSR count). The first-order valence-corrected chi connectivity index (χ1v) is 8.35. The predicted molar refractivity (Wildman–Crippen MR) is 79.3 cm³/mol. The first-order valence-electron chi connectivity index (χ1n) is 5.25. The van der Waals surface area contributed by atoms with E-state index in [1.54, 1.807) is 6.07 Å². The minimum Gasteiger partial charge on any atom is -0.315 e. The number of hydrogen-bond donors (Lipinski definition) is 2. The highest BCUT2D eigenvalue weighted by Crippen LogP contribution is 2.25. The van der Waals surface area contributed by atoms with Crippen LogP contribution in [-0.4, -0.2) is 13.4 Å². The maximum absolute atomic E-state index is 12.2.